The Hall–Kier alpha value is -1.96. The number of hydrogen-bond acceptors (Lipinski definition) is 4. The van der Waals surface area contributed by atoms with E-state index < -0.39 is 15.8 Å². The van der Waals surface area contributed by atoms with Gasteiger partial charge in [0.1, 0.15) is 11.6 Å². The second-order valence-electron chi connectivity index (χ2n) is 5.99. The lowest BCUT2D eigenvalue weighted by Gasteiger charge is -2.36. The van der Waals surface area contributed by atoms with E-state index in [4.69, 9.17) is 4.74 Å². The van der Waals surface area contributed by atoms with Crippen LogP contribution in [0.2, 0.25) is 0 Å². The molecule has 1 atom stereocenters. The standard InChI is InChI=1S/C18H21FN2O3S/c1-13-11-14(19)7-8-18(13)25(22,23)21-10-9-20-12-16(21)15-5-3-4-6-17(15)24-2/h3-8,11,16,20H,9-10,12H2,1-2H3. The molecule has 1 unspecified atom stereocenters. The lowest BCUT2D eigenvalue weighted by molar-refractivity contribution is 0.264. The van der Waals surface area contributed by atoms with E-state index in [1.165, 1.54) is 22.5 Å². The summed E-state index contributed by atoms with van der Waals surface area (Å²) in [6.45, 7) is 2.99. The lowest BCUT2D eigenvalue weighted by atomic mass is 10.0. The molecule has 5 nitrogen and oxygen atoms in total. The molecular formula is C18H21FN2O3S. The number of piperazine rings is 1. The number of nitrogens with one attached hydrogen (secondary N) is 1. The van der Waals surface area contributed by atoms with Crippen LogP contribution in [0.1, 0.15) is 17.2 Å². The summed E-state index contributed by atoms with van der Waals surface area (Å²) in [4.78, 5) is 0.135. The predicted octanol–water partition coefficient (Wildman–Crippen LogP) is 2.48. The molecule has 7 heteroatoms. The van der Waals surface area contributed by atoms with Crippen LogP contribution in [-0.4, -0.2) is 39.5 Å². The summed E-state index contributed by atoms with van der Waals surface area (Å²) in [5.74, 6) is 0.199. The summed E-state index contributed by atoms with van der Waals surface area (Å²) in [6, 6.07) is 10.8. The Balaban J connectivity index is 2.06. The molecule has 1 aliphatic heterocycles. The first kappa shape index (κ1) is 17.8. The molecule has 2 aromatic carbocycles. The van der Waals surface area contributed by atoms with Gasteiger partial charge >= 0.3 is 0 Å². The molecule has 0 aliphatic carbocycles. The summed E-state index contributed by atoms with van der Waals surface area (Å²) in [6.07, 6.45) is 0. The van der Waals surface area contributed by atoms with Crippen molar-refractivity contribution < 1.29 is 17.5 Å². The van der Waals surface area contributed by atoms with Crippen LogP contribution >= 0.6 is 0 Å². The van der Waals surface area contributed by atoms with E-state index in [-0.39, 0.29) is 10.9 Å². The molecule has 2 aromatic rings. The highest BCUT2D eigenvalue weighted by molar-refractivity contribution is 7.89. The zero-order valence-corrected chi connectivity index (χ0v) is 15.0. The number of nitrogens with zero attached hydrogens (tertiary/aromatic N) is 1. The van der Waals surface area contributed by atoms with Crippen molar-refractivity contribution in [3.63, 3.8) is 0 Å². The van der Waals surface area contributed by atoms with Crippen molar-refractivity contribution in [2.24, 2.45) is 0 Å². The van der Waals surface area contributed by atoms with Crippen LogP contribution in [0.25, 0.3) is 0 Å². The number of rotatable bonds is 4. The predicted molar refractivity (Wildman–Crippen MR) is 93.6 cm³/mol. The number of methoxy groups -OCH3 is 1. The van der Waals surface area contributed by atoms with E-state index in [0.29, 0.717) is 30.9 Å². The molecular weight excluding hydrogens is 343 g/mol. The molecule has 1 saturated heterocycles. The van der Waals surface area contributed by atoms with Gasteiger partial charge in [-0.3, -0.25) is 0 Å². The number of sulfonamides is 1. The number of halogens is 1. The van der Waals surface area contributed by atoms with Crippen LogP contribution in [0.4, 0.5) is 4.39 Å². The Morgan fingerprint density at radius 1 is 1.24 bits per heavy atom. The summed E-state index contributed by atoms with van der Waals surface area (Å²) >= 11 is 0. The van der Waals surface area contributed by atoms with Crippen LogP contribution in [0, 0.1) is 12.7 Å². The van der Waals surface area contributed by atoms with Crippen molar-refractivity contribution in [1.29, 1.82) is 0 Å². The largest absolute Gasteiger partial charge is 0.496 e. The summed E-state index contributed by atoms with van der Waals surface area (Å²) < 4.78 is 46.7. The second-order valence-corrected chi connectivity index (χ2v) is 7.85. The summed E-state index contributed by atoms with van der Waals surface area (Å²) in [5, 5.41) is 3.24. The van der Waals surface area contributed by atoms with E-state index in [1.54, 1.807) is 14.0 Å². The van der Waals surface area contributed by atoms with Crippen LogP contribution in [0.3, 0.4) is 0 Å². The van der Waals surface area contributed by atoms with Gasteiger partial charge in [-0.25, -0.2) is 12.8 Å². The first-order chi connectivity index (χ1) is 11.9. The van der Waals surface area contributed by atoms with Crippen LogP contribution < -0.4 is 10.1 Å². The van der Waals surface area contributed by atoms with Crippen molar-refractivity contribution in [3.05, 3.63) is 59.4 Å². The Kier molecular flexibility index (Phi) is 5.08. The number of hydrogen-bond donors (Lipinski definition) is 1. The minimum absolute atomic E-state index is 0.135. The maximum atomic E-state index is 13.4. The van der Waals surface area contributed by atoms with E-state index >= 15 is 0 Å². The lowest BCUT2D eigenvalue weighted by Crippen LogP contribution is -2.48. The van der Waals surface area contributed by atoms with Gasteiger partial charge in [-0.2, -0.15) is 4.31 Å². The van der Waals surface area contributed by atoms with Gasteiger partial charge in [0.2, 0.25) is 10.0 Å². The van der Waals surface area contributed by atoms with Gasteiger partial charge in [0.05, 0.1) is 18.0 Å². The zero-order chi connectivity index (χ0) is 18.0. The Morgan fingerprint density at radius 2 is 2.00 bits per heavy atom. The van der Waals surface area contributed by atoms with Crippen molar-refractivity contribution in [2.75, 3.05) is 26.7 Å². The highest BCUT2D eigenvalue weighted by Crippen LogP contribution is 2.34. The third kappa shape index (κ3) is 3.40. The van der Waals surface area contributed by atoms with Gasteiger partial charge < -0.3 is 10.1 Å². The summed E-state index contributed by atoms with van der Waals surface area (Å²) in [7, 11) is -2.19. The van der Waals surface area contributed by atoms with Crippen LogP contribution in [0.15, 0.2) is 47.4 Å². The topological polar surface area (TPSA) is 58.6 Å². The third-order valence-electron chi connectivity index (χ3n) is 4.42. The smallest absolute Gasteiger partial charge is 0.243 e. The van der Waals surface area contributed by atoms with E-state index in [0.717, 1.165) is 5.56 Å². The SMILES string of the molecule is COc1ccccc1C1CNCCN1S(=O)(=O)c1ccc(F)cc1C. The molecule has 0 radical (unpaired) electrons. The van der Waals surface area contributed by atoms with Gasteiger partial charge in [0.15, 0.2) is 0 Å². The molecule has 0 aromatic heterocycles. The minimum atomic E-state index is -3.76. The third-order valence-corrected chi connectivity index (χ3v) is 6.48. The molecule has 25 heavy (non-hydrogen) atoms. The molecule has 0 saturated carbocycles. The highest BCUT2D eigenvalue weighted by atomic mass is 32.2. The molecule has 0 spiro atoms. The van der Waals surface area contributed by atoms with Crippen molar-refractivity contribution >= 4 is 10.0 Å². The van der Waals surface area contributed by atoms with Crippen molar-refractivity contribution in [3.8, 4) is 5.75 Å². The second kappa shape index (κ2) is 7.11. The Morgan fingerprint density at radius 3 is 2.72 bits per heavy atom. The van der Waals surface area contributed by atoms with Gasteiger partial charge in [-0.15, -0.1) is 0 Å². The van der Waals surface area contributed by atoms with Gasteiger partial charge in [0, 0.05) is 25.2 Å². The molecule has 1 fully saturated rings. The maximum absolute atomic E-state index is 13.4. The highest BCUT2D eigenvalue weighted by Gasteiger charge is 2.36. The quantitative estimate of drug-likeness (QED) is 0.906. The Bertz CT molecular complexity index is 870. The molecule has 1 aliphatic rings. The Labute approximate surface area is 147 Å². The zero-order valence-electron chi connectivity index (χ0n) is 14.2. The first-order valence-electron chi connectivity index (χ1n) is 8.07. The maximum Gasteiger partial charge on any atom is 0.243 e. The fourth-order valence-electron chi connectivity index (χ4n) is 3.21. The van der Waals surface area contributed by atoms with Gasteiger partial charge in [-0.05, 0) is 36.8 Å². The van der Waals surface area contributed by atoms with Crippen LogP contribution in [-0.2, 0) is 10.0 Å². The molecule has 3 rings (SSSR count). The van der Waals surface area contributed by atoms with Crippen molar-refractivity contribution in [1.82, 2.24) is 9.62 Å². The number of aryl methyl sites for hydroxylation is 1. The van der Waals surface area contributed by atoms with Gasteiger partial charge in [0.25, 0.3) is 0 Å². The summed E-state index contributed by atoms with van der Waals surface area (Å²) in [5.41, 5.74) is 1.21. The fraction of sp³-hybridized carbons (Fsp3) is 0.333. The molecule has 0 amide bonds. The van der Waals surface area contributed by atoms with Gasteiger partial charge in [-0.1, -0.05) is 18.2 Å². The molecule has 1 heterocycles. The number of benzene rings is 2. The van der Waals surface area contributed by atoms with E-state index in [2.05, 4.69) is 5.32 Å². The molecule has 134 valence electrons. The average Bonchev–Trinajstić information content (AvgIpc) is 2.61. The average molecular weight is 364 g/mol. The normalized spacial score (nSPS) is 18.9. The molecule has 1 N–H and O–H groups in total. The van der Waals surface area contributed by atoms with Crippen molar-refractivity contribution in [2.45, 2.75) is 17.9 Å². The van der Waals surface area contributed by atoms with E-state index in [1.807, 2.05) is 24.3 Å². The monoisotopic (exact) mass is 364 g/mol. The van der Waals surface area contributed by atoms with Crippen LogP contribution in [0.5, 0.6) is 5.75 Å². The fourth-order valence-corrected chi connectivity index (χ4v) is 5.02. The number of ether oxygens (including phenoxy) is 1. The minimum Gasteiger partial charge on any atom is -0.496 e. The number of para-hydroxylation sites is 1. The first-order valence-corrected chi connectivity index (χ1v) is 9.51. The molecule has 0 bridgehead atoms. The van der Waals surface area contributed by atoms with E-state index in [9.17, 15) is 12.8 Å².